The molecule has 2 aliphatic rings. The molecule has 0 heterocycles. The van der Waals surface area contributed by atoms with Crippen LogP contribution in [0.2, 0.25) is 0 Å². The molecule has 1 N–H and O–H groups in total. The van der Waals surface area contributed by atoms with Crippen LogP contribution in [-0.2, 0) is 0 Å². The highest BCUT2D eigenvalue weighted by molar-refractivity contribution is 4.86. The van der Waals surface area contributed by atoms with E-state index in [1.165, 1.54) is 45.1 Å². The van der Waals surface area contributed by atoms with Gasteiger partial charge in [-0.3, -0.25) is 0 Å². The molecule has 4 atom stereocenters. The summed E-state index contributed by atoms with van der Waals surface area (Å²) >= 11 is 0. The molecule has 94 valence electrons. The molecule has 2 fully saturated rings. The molecule has 1 nitrogen and oxygen atoms in total. The zero-order valence-electron chi connectivity index (χ0n) is 11.3. The molecule has 0 aromatic heterocycles. The highest BCUT2D eigenvalue weighted by Gasteiger charge is 2.32. The van der Waals surface area contributed by atoms with Gasteiger partial charge in [0, 0.05) is 6.04 Å². The molecule has 0 aromatic carbocycles. The number of hydrogen-bond donors (Lipinski definition) is 1. The van der Waals surface area contributed by atoms with Crippen LogP contribution in [0.15, 0.2) is 0 Å². The number of rotatable bonds is 5. The molecule has 0 spiro atoms. The van der Waals surface area contributed by atoms with E-state index in [0.29, 0.717) is 0 Å². The molecule has 0 bridgehead atoms. The van der Waals surface area contributed by atoms with Crippen molar-refractivity contribution >= 4 is 0 Å². The van der Waals surface area contributed by atoms with Crippen molar-refractivity contribution in [2.75, 3.05) is 6.54 Å². The van der Waals surface area contributed by atoms with E-state index in [-0.39, 0.29) is 0 Å². The molecule has 16 heavy (non-hydrogen) atoms. The second-order valence-electron chi connectivity index (χ2n) is 6.41. The van der Waals surface area contributed by atoms with Gasteiger partial charge in [0.1, 0.15) is 0 Å². The molecule has 0 saturated heterocycles. The van der Waals surface area contributed by atoms with Crippen LogP contribution in [0.25, 0.3) is 0 Å². The minimum Gasteiger partial charge on any atom is -0.314 e. The molecule has 1 heteroatoms. The zero-order chi connectivity index (χ0) is 11.5. The third kappa shape index (κ3) is 3.23. The van der Waals surface area contributed by atoms with Crippen molar-refractivity contribution in [2.24, 2.45) is 23.7 Å². The van der Waals surface area contributed by atoms with E-state index in [0.717, 1.165) is 29.7 Å². The average Bonchev–Trinajstić information content (AvgIpc) is 3.10. The van der Waals surface area contributed by atoms with Gasteiger partial charge >= 0.3 is 0 Å². The summed E-state index contributed by atoms with van der Waals surface area (Å²) in [6.07, 6.45) is 8.62. The lowest BCUT2D eigenvalue weighted by Gasteiger charge is -2.38. The van der Waals surface area contributed by atoms with Crippen LogP contribution in [0.3, 0.4) is 0 Å². The van der Waals surface area contributed by atoms with Crippen LogP contribution >= 0.6 is 0 Å². The Hall–Kier alpha value is -0.0400. The molecular formula is C15H29N. The molecule has 0 radical (unpaired) electrons. The van der Waals surface area contributed by atoms with E-state index in [2.05, 4.69) is 26.1 Å². The van der Waals surface area contributed by atoms with Gasteiger partial charge in [-0.05, 0) is 55.9 Å². The lowest BCUT2D eigenvalue weighted by molar-refractivity contribution is 0.129. The van der Waals surface area contributed by atoms with E-state index in [1.54, 1.807) is 0 Å². The smallest absolute Gasteiger partial charge is 0.00683 e. The maximum absolute atomic E-state index is 3.75. The maximum Gasteiger partial charge on any atom is 0.00683 e. The Morgan fingerprint density at radius 1 is 1.19 bits per heavy atom. The van der Waals surface area contributed by atoms with Crippen LogP contribution < -0.4 is 5.32 Å². The van der Waals surface area contributed by atoms with Gasteiger partial charge in [-0.25, -0.2) is 0 Å². The zero-order valence-corrected chi connectivity index (χ0v) is 11.3. The fraction of sp³-hybridized carbons (Fsp3) is 1.00. The molecule has 0 amide bonds. The lowest BCUT2D eigenvalue weighted by atomic mass is 9.69. The fourth-order valence-corrected chi connectivity index (χ4v) is 3.35. The van der Waals surface area contributed by atoms with Crippen molar-refractivity contribution in [2.45, 2.75) is 65.3 Å². The molecular weight excluding hydrogens is 194 g/mol. The van der Waals surface area contributed by atoms with E-state index in [4.69, 9.17) is 0 Å². The molecule has 4 unspecified atom stereocenters. The minimum atomic E-state index is 0.886. The fourth-order valence-electron chi connectivity index (χ4n) is 3.35. The molecule has 0 aliphatic heterocycles. The standard InChI is InChI=1S/C15H29N/c1-4-12(3)15-9-11(2)5-6-13(15)10-16-14-7-8-14/h11-16H,4-10H2,1-3H3. The van der Waals surface area contributed by atoms with Crippen LogP contribution in [0.5, 0.6) is 0 Å². The van der Waals surface area contributed by atoms with Gasteiger partial charge in [0.15, 0.2) is 0 Å². The summed E-state index contributed by atoms with van der Waals surface area (Å²) in [5.41, 5.74) is 0. The summed E-state index contributed by atoms with van der Waals surface area (Å²) in [7, 11) is 0. The summed E-state index contributed by atoms with van der Waals surface area (Å²) in [5, 5.41) is 3.75. The van der Waals surface area contributed by atoms with Gasteiger partial charge in [-0.2, -0.15) is 0 Å². The Bertz CT molecular complexity index is 209. The van der Waals surface area contributed by atoms with E-state index < -0.39 is 0 Å². The normalized spacial score (nSPS) is 37.3. The quantitative estimate of drug-likeness (QED) is 0.747. The van der Waals surface area contributed by atoms with Crippen molar-refractivity contribution in [3.63, 3.8) is 0 Å². The molecule has 2 saturated carbocycles. The second kappa shape index (κ2) is 5.53. The first-order valence-corrected chi connectivity index (χ1v) is 7.44. The van der Waals surface area contributed by atoms with E-state index in [9.17, 15) is 0 Å². The highest BCUT2D eigenvalue weighted by Crippen LogP contribution is 2.39. The van der Waals surface area contributed by atoms with Crippen LogP contribution in [0.4, 0.5) is 0 Å². The monoisotopic (exact) mass is 223 g/mol. The lowest BCUT2D eigenvalue weighted by Crippen LogP contribution is -2.36. The van der Waals surface area contributed by atoms with Gasteiger partial charge in [0.2, 0.25) is 0 Å². The largest absolute Gasteiger partial charge is 0.314 e. The predicted molar refractivity (Wildman–Crippen MR) is 70.5 cm³/mol. The Kier molecular flexibility index (Phi) is 4.29. The van der Waals surface area contributed by atoms with E-state index >= 15 is 0 Å². The third-order valence-corrected chi connectivity index (χ3v) is 4.93. The summed E-state index contributed by atoms with van der Waals surface area (Å²) in [4.78, 5) is 0. The highest BCUT2D eigenvalue weighted by atomic mass is 14.9. The van der Waals surface area contributed by atoms with Gasteiger partial charge in [0.05, 0.1) is 0 Å². The first-order valence-electron chi connectivity index (χ1n) is 7.44. The topological polar surface area (TPSA) is 12.0 Å². The Balaban J connectivity index is 1.85. The molecule has 2 aliphatic carbocycles. The van der Waals surface area contributed by atoms with E-state index in [1.807, 2.05) is 0 Å². The molecule has 2 rings (SSSR count). The summed E-state index contributed by atoms with van der Waals surface area (Å²) < 4.78 is 0. The Morgan fingerprint density at radius 2 is 1.94 bits per heavy atom. The SMILES string of the molecule is CCC(C)C1CC(C)CCC1CNC1CC1. The van der Waals surface area contributed by atoms with Crippen molar-refractivity contribution < 1.29 is 0 Å². The average molecular weight is 223 g/mol. The second-order valence-corrected chi connectivity index (χ2v) is 6.41. The van der Waals surface area contributed by atoms with Gasteiger partial charge in [-0.15, -0.1) is 0 Å². The van der Waals surface area contributed by atoms with Crippen molar-refractivity contribution in [3.05, 3.63) is 0 Å². The molecule has 0 aromatic rings. The van der Waals surface area contributed by atoms with Gasteiger partial charge in [0.25, 0.3) is 0 Å². The first-order chi connectivity index (χ1) is 7.70. The predicted octanol–water partition coefficient (Wildman–Crippen LogP) is 3.84. The van der Waals surface area contributed by atoms with Crippen LogP contribution in [0.1, 0.15) is 59.3 Å². The van der Waals surface area contributed by atoms with Crippen LogP contribution in [-0.4, -0.2) is 12.6 Å². The van der Waals surface area contributed by atoms with Crippen molar-refractivity contribution in [3.8, 4) is 0 Å². The van der Waals surface area contributed by atoms with Crippen LogP contribution in [0, 0.1) is 23.7 Å². The summed E-state index contributed by atoms with van der Waals surface area (Å²) in [6, 6.07) is 0.886. The number of hydrogen-bond acceptors (Lipinski definition) is 1. The van der Waals surface area contributed by atoms with Gasteiger partial charge in [-0.1, -0.05) is 33.6 Å². The first kappa shape index (κ1) is 12.4. The summed E-state index contributed by atoms with van der Waals surface area (Å²) in [6.45, 7) is 8.56. The number of nitrogens with one attached hydrogen (secondary N) is 1. The minimum absolute atomic E-state index is 0.886. The van der Waals surface area contributed by atoms with Crippen molar-refractivity contribution in [1.82, 2.24) is 5.32 Å². The van der Waals surface area contributed by atoms with Gasteiger partial charge < -0.3 is 5.32 Å². The Morgan fingerprint density at radius 3 is 2.56 bits per heavy atom. The summed E-state index contributed by atoms with van der Waals surface area (Å²) in [5.74, 6) is 3.84. The Labute approximate surface area is 101 Å². The maximum atomic E-state index is 3.75. The van der Waals surface area contributed by atoms with Crippen molar-refractivity contribution in [1.29, 1.82) is 0 Å². The third-order valence-electron chi connectivity index (χ3n) is 4.93.